The van der Waals surface area contributed by atoms with Crippen molar-refractivity contribution in [3.05, 3.63) is 36.5 Å². The summed E-state index contributed by atoms with van der Waals surface area (Å²) in [6.45, 7) is 3.51. The van der Waals surface area contributed by atoms with Crippen LogP contribution in [0.4, 0.5) is 0 Å². The maximum absolute atomic E-state index is 10.6. The Morgan fingerprint density at radius 3 is 2.25 bits per heavy atom. The molecule has 0 aliphatic heterocycles. The first kappa shape index (κ1) is 5.04. The standard InChI is InChI=1S/C7H6O/c1-6-4-2-3-5-7(6)8/h2-5H,1H2/i1+1. The zero-order valence-electron chi connectivity index (χ0n) is 4.42. The molecule has 0 atom stereocenters. The molecule has 1 aliphatic rings. The zero-order valence-corrected chi connectivity index (χ0v) is 4.42. The van der Waals surface area contributed by atoms with Crippen molar-refractivity contribution in [2.75, 3.05) is 0 Å². The average Bonchev–Trinajstić information content (AvgIpc) is 1.77. The summed E-state index contributed by atoms with van der Waals surface area (Å²) in [5.41, 5.74) is 0.563. The van der Waals surface area contributed by atoms with Crippen LogP contribution in [0.15, 0.2) is 36.5 Å². The minimum absolute atomic E-state index is 0.00694. The van der Waals surface area contributed by atoms with Crippen LogP contribution < -0.4 is 0 Å². The summed E-state index contributed by atoms with van der Waals surface area (Å²) < 4.78 is 0. The number of carbonyl (C=O) groups excluding carboxylic acids is 1. The summed E-state index contributed by atoms with van der Waals surface area (Å²) in [5.74, 6) is 0.00694. The van der Waals surface area contributed by atoms with Gasteiger partial charge in [-0.15, -0.1) is 0 Å². The monoisotopic (exact) mass is 107 g/mol. The predicted molar refractivity (Wildman–Crippen MR) is 32.4 cm³/mol. The molecule has 0 heterocycles. The Morgan fingerprint density at radius 2 is 1.88 bits per heavy atom. The first-order chi connectivity index (χ1) is 3.80. The summed E-state index contributed by atoms with van der Waals surface area (Å²) >= 11 is 0. The molecule has 1 nitrogen and oxygen atoms in total. The van der Waals surface area contributed by atoms with Gasteiger partial charge in [0.1, 0.15) is 0 Å². The molecule has 0 bridgehead atoms. The van der Waals surface area contributed by atoms with Crippen molar-refractivity contribution in [1.82, 2.24) is 0 Å². The lowest BCUT2D eigenvalue weighted by Crippen LogP contribution is -1.95. The van der Waals surface area contributed by atoms with Gasteiger partial charge in [-0.25, -0.2) is 0 Å². The molecular weight excluding hydrogens is 101 g/mol. The fourth-order valence-corrected chi connectivity index (χ4v) is 0.504. The second-order valence-corrected chi connectivity index (χ2v) is 1.61. The molecule has 0 aromatic heterocycles. The summed E-state index contributed by atoms with van der Waals surface area (Å²) in [4.78, 5) is 10.6. The Bertz CT molecular complexity index is 163. The summed E-state index contributed by atoms with van der Waals surface area (Å²) in [6, 6.07) is 0. The molecule has 0 fully saturated rings. The first-order valence-corrected chi connectivity index (χ1v) is 2.39. The number of hydrogen-bond acceptors (Lipinski definition) is 1. The lowest BCUT2D eigenvalue weighted by Gasteiger charge is -1.94. The minimum atomic E-state index is 0.00694. The van der Waals surface area contributed by atoms with Gasteiger partial charge in [-0.1, -0.05) is 24.8 Å². The molecule has 0 aromatic rings. The number of rotatable bonds is 0. The highest BCUT2D eigenvalue weighted by Gasteiger charge is 1.99. The van der Waals surface area contributed by atoms with Crippen LogP contribution in [0.3, 0.4) is 0 Å². The van der Waals surface area contributed by atoms with Gasteiger partial charge in [0.2, 0.25) is 0 Å². The quantitative estimate of drug-likeness (QED) is 0.336. The van der Waals surface area contributed by atoms with Crippen LogP contribution in [0.2, 0.25) is 0 Å². The van der Waals surface area contributed by atoms with Gasteiger partial charge in [0.25, 0.3) is 0 Å². The third-order valence-electron chi connectivity index (χ3n) is 0.973. The van der Waals surface area contributed by atoms with Gasteiger partial charge in [0.05, 0.1) is 0 Å². The van der Waals surface area contributed by atoms with Gasteiger partial charge in [-0.2, -0.15) is 0 Å². The third kappa shape index (κ3) is 0.757. The summed E-state index contributed by atoms with van der Waals surface area (Å²) in [7, 11) is 0. The molecule has 0 amide bonds. The van der Waals surface area contributed by atoms with E-state index < -0.39 is 0 Å². The number of allylic oxidation sites excluding steroid dienone is 5. The van der Waals surface area contributed by atoms with Gasteiger partial charge in [-0.05, 0) is 6.08 Å². The minimum Gasteiger partial charge on any atom is -0.289 e. The van der Waals surface area contributed by atoms with Crippen molar-refractivity contribution in [3.8, 4) is 0 Å². The van der Waals surface area contributed by atoms with E-state index in [9.17, 15) is 4.79 Å². The van der Waals surface area contributed by atoms with Crippen LogP contribution in [0.25, 0.3) is 0 Å². The highest BCUT2D eigenvalue weighted by atomic mass is 16.1. The maximum atomic E-state index is 10.6. The van der Waals surface area contributed by atoms with Crippen LogP contribution >= 0.6 is 0 Å². The molecular formula is C7H6O. The van der Waals surface area contributed by atoms with Crippen LogP contribution in [0.5, 0.6) is 0 Å². The Balaban J connectivity index is 2.89. The van der Waals surface area contributed by atoms with Gasteiger partial charge in [0.15, 0.2) is 5.78 Å². The number of hydrogen-bond donors (Lipinski definition) is 0. The Labute approximate surface area is 48.0 Å². The molecule has 0 aromatic carbocycles. The highest BCUT2D eigenvalue weighted by molar-refractivity contribution is 6.06. The lowest BCUT2D eigenvalue weighted by molar-refractivity contribution is -0.111. The summed E-state index contributed by atoms with van der Waals surface area (Å²) in [6.07, 6.45) is 6.70. The van der Waals surface area contributed by atoms with E-state index in [1.165, 1.54) is 6.08 Å². The smallest absolute Gasteiger partial charge is 0.185 e. The molecule has 0 saturated heterocycles. The van der Waals surface area contributed by atoms with E-state index in [1.54, 1.807) is 18.2 Å². The Kier molecular flexibility index (Phi) is 1.12. The average molecular weight is 107 g/mol. The highest BCUT2D eigenvalue weighted by Crippen LogP contribution is 2.01. The SMILES string of the molecule is [13CH2]=C1C=CC=CC1=O. The van der Waals surface area contributed by atoms with Crippen molar-refractivity contribution in [3.63, 3.8) is 0 Å². The van der Waals surface area contributed by atoms with E-state index in [0.717, 1.165) is 0 Å². The molecule has 0 unspecified atom stereocenters. The van der Waals surface area contributed by atoms with Crippen molar-refractivity contribution in [2.45, 2.75) is 0 Å². The molecule has 0 radical (unpaired) electrons. The van der Waals surface area contributed by atoms with Crippen molar-refractivity contribution < 1.29 is 4.79 Å². The number of ketones is 1. The fraction of sp³-hybridized carbons (Fsp3) is 0. The topological polar surface area (TPSA) is 17.1 Å². The molecule has 8 heavy (non-hydrogen) atoms. The zero-order chi connectivity index (χ0) is 5.98. The largest absolute Gasteiger partial charge is 0.289 e. The molecule has 1 rings (SSSR count). The van der Waals surface area contributed by atoms with Gasteiger partial charge >= 0.3 is 0 Å². The third-order valence-corrected chi connectivity index (χ3v) is 0.973. The van der Waals surface area contributed by atoms with E-state index in [-0.39, 0.29) is 5.78 Å². The Morgan fingerprint density at radius 1 is 1.25 bits per heavy atom. The first-order valence-electron chi connectivity index (χ1n) is 2.39. The van der Waals surface area contributed by atoms with E-state index in [2.05, 4.69) is 6.58 Å². The lowest BCUT2D eigenvalue weighted by atomic mass is 10.1. The van der Waals surface area contributed by atoms with E-state index in [0.29, 0.717) is 5.57 Å². The van der Waals surface area contributed by atoms with E-state index in [4.69, 9.17) is 0 Å². The van der Waals surface area contributed by atoms with E-state index in [1.807, 2.05) is 0 Å². The molecule has 0 saturated carbocycles. The van der Waals surface area contributed by atoms with Gasteiger partial charge < -0.3 is 0 Å². The Hall–Kier alpha value is -1.11. The molecule has 0 spiro atoms. The predicted octanol–water partition coefficient (Wildman–Crippen LogP) is 1.24. The molecule has 1 heteroatoms. The normalized spacial score (nSPS) is 17.5. The van der Waals surface area contributed by atoms with Crippen LogP contribution in [0.1, 0.15) is 0 Å². The van der Waals surface area contributed by atoms with Crippen LogP contribution in [0, 0.1) is 0 Å². The summed E-state index contributed by atoms with van der Waals surface area (Å²) in [5, 5.41) is 0. The molecule has 40 valence electrons. The van der Waals surface area contributed by atoms with Crippen LogP contribution in [-0.2, 0) is 4.79 Å². The molecule has 0 N–H and O–H groups in total. The van der Waals surface area contributed by atoms with Crippen molar-refractivity contribution >= 4 is 5.78 Å². The molecule has 1 aliphatic carbocycles. The van der Waals surface area contributed by atoms with Crippen LogP contribution in [-0.4, -0.2) is 5.78 Å². The van der Waals surface area contributed by atoms with Crippen molar-refractivity contribution in [1.29, 1.82) is 0 Å². The van der Waals surface area contributed by atoms with Crippen molar-refractivity contribution in [2.24, 2.45) is 0 Å². The van der Waals surface area contributed by atoms with E-state index >= 15 is 0 Å². The maximum Gasteiger partial charge on any atom is 0.185 e. The fourth-order valence-electron chi connectivity index (χ4n) is 0.504. The number of carbonyl (C=O) groups is 1. The second kappa shape index (κ2) is 1.78. The van der Waals surface area contributed by atoms with Gasteiger partial charge in [0, 0.05) is 5.57 Å². The second-order valence-electron chi connectivity index (χ2n) is 1.61. The van der Waals surface area contributed by atoms with Gasteiger partial charge in [-0.3, -0.25) is 4.79 Å².